The molecule has 3 aliphatic heterocycles. The van der Waals surface area contributed by atoms with Crippen LogP contribution in [-0.2, 0) is 0 Å². The number of carbonyl (C=O) groups is 1. The average Bonchev–Trinajstić information content (AvgIpc) is 2.98. The topological polar surface area (TPSA) is 45.9 Å². The Bertz CT molecular complexity index is 770. The van der Waals surface area contributed by atoms with Crippen molar-refractivity contribution >= 4 is 5.91 Å². The lowest BCUT2D eigenvalue weighted by atomic mass is 9.95. The third-order valence-electron chi connectivity index (χ3n) is 5.33. The summed E-state index contributed by atoms with van der Waals surface area (Å²) in [6, 6.07) is 11.6. The molecule has 0 aliphatic carbocycles. The van der Waals surface area contributed by atoms with Crippen LogP contribution in [0.4, 0.5) is 0 Å². The maximum Gasteiger partial charge on any atom is 0.289 e. The lowest BCUT2D eigenvalue weighted by molar-refractivity contribution is 0.0555. The molecule has 4 heterocycles. The van der Waals surface area contributed by atoms with Gasteiger partial charge < -0.3 is 19.0 Å². The van der Waals surface area contributed by atoms with Crippen molar-refractivity contribution in [3.63, 3.8) is 0 Å². The number of fused-ring (bicyclic) bond motifs is 4. The van der Waals surface area contributed by atoms with Crippen LogP contribution in [0.5, 0.6) is 5.75 Å². The SMILES string of the molecule is COc1cccc(-c2ccc(C(=O)N3C[C@@H]4CC[C@H]3CN(C)C4)o2)c1. The maximum atomic E-state index is 13.0. The first-order valence-corrected chi connectivity index (χ1v) is 8.88. The van der Waals surface area contributed by atoms with Crippen molar-refractivity contribution in [3.05, 3.63) is 42.2 Å². The highest BCUT2D eigenvalue weighted by Crippen LogP contribution is 2.30. The molecule has 1 aromatic carbocycles. The first kappa shape index (κ1) is 16.2. The van der Waals surface area contributed by atoms with Crippen molar-refractivity contribution < 1.29 is 13.9 Å². The van der Waals surface area contributed by atoms with E-state index >= 15 is 0 Å². The van der Waals surface area contributed by atoms with Gasteiger partial charge in [-0.1, -0.05) is 12.1 Å². The molecule has 0 spiro atoms. The standard InChI is InChI=1S/C20H24N2O3/c1-21-11-14-6-7-16(13-21)22(12-14)20(23)19-9-8-18(25-19)15-4-3-5-17(10-15)24-2/h3-5,8-10,14,16H,6-7,11-13H2,1-2H3/t14-,16+/m1/s1. The lowest BCUT2D eigenvalue weighted by Gasteiger charge is -2.35. The fourth-order valence-electron chi connectivity index (χ4n) is 4.09. The molecule has 0 radical (unpaired) electrons. The zero-order chi connectivity index (χ0) is 17.4. The van der Waals surface area contributed by atoms with E-state index in [2.05, 4.69) is 11.9 Å². The van der Waals surface area contributed by atoms with Crippen molar-refractivity contribution in [3.8, 4) is 17.1 Å². The molecule has 25 heavy (non-hydrogen) atoms. The molecule has 1 amide bonds. The van der Waals surface area contributed by atoms with E-state index in [1.807, 2.05) is 35.2 Å². The number of nitrogens with zero attached hydrogens (tertiary/aromatic N) is 2. The van der Waals surface area contributed by atoms with Crippen LogP contribution in [0.3, 0.4) is 0 Å². The zero-order valence-electron chi connectivity index (χ0n) is 14.8. The molecule has 5 rings (SSSR count). The Morgan fingerprint density at radius 3 is 2.88 bits per heavy atom. The van der Waals surface area contributed by atoms with Crippen LogP contribution in [0.1, 0.15) is 23.4 Å². The molecule has 3 saturated heterocycles. The van der Waals surface area contributed by atoms with Gasteiger partial charge in [0.15, 0.2) is 5.76 Å². The quantitative estimate of drug-likeness (QED) is 0.861. The summed E-state index contributed by atoms with van der Waals surface area (Å²) in [4.78, 5) is 17.4. The fourth-order valence-corrected chi connectivity index (χ4v) is 4.09. The molecule has 2 atom stereocenters. The number of hydrogen-bond acceptors (Lipinski definition) is 4. The van der Waals surface area contributed by atoms with Crippen LogP contribution >= 0.6 is 0 Å². The van der Waals surface area contributed by atoms with Crippen LogP contribution in [0, 0.1) is 5.92 Å². The highest BCUT2D eigenvalue weighted by molar-refractivity contribution is 5.92. The number of furan rings is 1. The number of methoxy groups -OCH3 is 1. The molecule has 1 aromatic heterocycles. The van der Waals surface area contributed by atoms with Gasteiger partial charge in [-0.25, -0.2) is 0 Å². The Labute approximate surface area is 148 Å². The van der Waals surface area contributed by atoms with Crippen LogP contribution in [0.15, 0.2) is 40.8 Å². The lowest BCUT2D eigenvalue weighted by Crippen LogP contribution is -2.47. The van der Waals surface area contributed by atoms with Gasteiger partial charge in [0.1, 0.15) is 11.5 Å². The molecule has 3 fully saturated rings. The third-order valence-corrected chi connectivity index (χ3v) is 5.33. The van der Waals surface area contributed by atoms with Crippen LogP contribution in [-0.4, -0.2) is 55.5 Å². The highest BCUT2D eigenvalue weighted by Gasteiger charge is 2.37. The normalized spacial score (nSPS) is 23.5. The second-order valence-electron chi connectivity index (χ2n) is 7.17. The Kier molecular flexibility index (Phi) is 4.25. The number of ether oxygens (including phenoxy) is 1. The molecular formula is C20H24N2O3. The number of benzene rings is 1. The van der Waals surface area contributed by atoms with Gasteiger partial charge in [0, 0.05) is 31.2 Å². The fraction of sp³-hybridized carbons (Fsp3) is 0.450. The monoisotopic (exact) mass is 340 g/mol. The summed E-state index contributed by atoms with van der Waals surface area (Å²) >= 11 is 0. The van der Waals surface area contributed by atoms with Gasteiger partial charge >= 0.3 is 0 Å². The van der Waals surface area contributed by atoms with E-state index in [1.165, 1.54) is 6.42 Å². The minimum Gasteiger partial charge on any atom is -0.497 e. The molecule has 0 saturated carbocycles. The summed E-state index contributed by atoms with van der Waals surface area (Å²) in [6.45, 7) is 2.86. The molecular weight excluding hydrogens is 316 g/mol. The maximum absolute atomic E-state index is 13.0. The van der Waals surface area contributed by atoms with E-state index in [0.29, 0.717) is 23.5 Å². The first-order valence-electron chi connectivity index (χ1n) is 8.88. The van der Waals surface area contributed by atoms with E-state index in [1.54, 1.807) is 13.2 Å². The van der Waals surface area contributed by atoms with Gasteiger partial charge in [0.05, 0.1) is 7.11 Å². The number of amides is 1. The zero-order valence-corrected chi connectivity index (χ0v) is 14.8. The predicted octanol–water partition coefficient (Wildman–Crippen LogP) is 3.12. The van der Waals surface area contributed by atoms with E-state index in [4.69, 9.17) is 9.15 Å². The number of likely N-dealkylation sites (N-methyl/N-ethyl adjacent to an activating group) is 1. The highest BCUT2D eigenvalue weighted by atomic mass is 16.5. The number of piperidine rings is 1. The van der Waals surface area contributed by atoms with Gasteiger partial charge in [0.25, 0.3) is 5.91 Å². The van der Waals surface area contributed by atoms with E-state index in [0.717, 1.165) is 37.4 Å². The smallest absolute Gasteiger partial charge is 0.289 e. The summed E-state index contributed by atoms with van der Waals surface area (Å²) in [5.74, 6) is 2.47. The van der Waals surface area contributed by atoms with Crippen molar-refractivity contribution in [2.45, 2.75) is 18.9 Å². The van der Waals surface area contributed by atoms with Gasteiger partial charge in [0.2, 0.25) is 0 Å². The Balaban J connectivity index is 1.56. The second kappa shape index (κ2) is 6.56. The van der Waals surface area contributed by atoms with E-state index < -0.39 is 0 Å². The number of rotatable bonds is 3. The molecule has 5 heteroatoms. The van der Waals surface area contributed by atoms with Gasteiger partial charge in [-0.2, -0.15) is 0 Å². The van der Waals surface area contributed by atoms with Crippen molar-refractivity contribution in [2.75, 3.05) is 33.8 Å². The minimum atomic E-state index is 0.0131. The first-order chi connectivity index (χ1) is 12.1. The Morgan fingerprint density at radius 1 is 1.16 bits per heavy atom. The average molecular weight is 340 g/mol. The number of carbonyl (C=O) groups excluding carboxylic acids is 1. The second-order valence-corrected chi connectivity index (χ2v) is 7.17. The van der Waals surface area contributed by atoms with Crippen molar-refractivity contribution in [1.29, 1.82) is 0 Å². The van der Waals surface area contributed by atoms with E-state index in [9.17, 15) is 4.79 Å². The Morgan fingerprint density at radius 2 is 2.04 bits per heavy atom. The van der Waals surface area contributed by atoms with Gasteiger partial charge in [-0.05, 0) is 50.1 Å². The van der Waals surface area contributed by atoms with Crippen LogP contribution < -0.4 is 4.74 Å². The van der Waals surface area contributed by atoms with Gasteiger partial charge in [-0.15, -0.1) is 0 Å². The largest absolute Gasteiger partial charge is 0.497 e. The summed E-state index contributed by atoms with van der Waals surface area (Å²) in [5, 5.41) is 0. The molecule has 0 unspecified atom stereocenters. The molecule has 2 bridgehead atoms. The molecule has 2 aromatic rings. The number of hydrogen-bond donors (Lipinski definition) is 0. The molecule has 0 N–H and O–H groups in total. The van der Waals surface area contributed by atoms with Crippen LogP contribution in [0.2, 0.25) is 0 Å². The van der Waals surface area contributed by atoms with Crippen LogP contribution in [0.25, 0.3) is 11.3 Å². The summed E-state index contributed by atoms with van der Waals surface area (Å²) in [5.41, 5.74) is 0.913. The van der Waals surface area contributed by atoms with E-state index in [-0.39, 0.29) is 5.91 Å². The summed E-state index contributed by atoms with van der Waals surface area (Å²) in [7, 11) is 3.79. The Hall–Kier alpha value is -2.27. The van der Waals surface area contributed by atoms with Crippen molar-refractivity contribution in [2.24, 2.45) is 5.92 Å². The predicted molar refractivity (Wildman–Crippen MR) is 95.7 cm³/mol. The summed E-state index contributed by atoms with van der Waals surface area (Å²) in [6.07, 6.45) is 2.30. The van der Waals surface area contributed by atoms with Crippen molar-refractivity contribution in [1.82, 2.24) is 9.80 Å². The minimum absolute atomic E-state index is 0.0131. The molecule has 5 nitrogen and oxygen atoms in total. The summed E-state index contributed by atoms with van der Waals surface area (Å²) < 4.78 is 11.2. The molecule has 3 aliphatic rings. The third kappa shape index (κ3) is 3.16. The van der Waals surface area contributed by atoms with Gasteiger partial charge in [-0.3, -0.25) is 4.79 Å². The molecule has 132 valence electrons.